The van der Waals surface area contributed by atoms with Crippen LogP contribution in [0.1, 0.15) is 12.1 Å². The first-order valence-corrected chi connectivity index (χ1v) is 9.61. The molecule has 0 atom stereocenters. The number of anilines is 3. The third-order valence-electron chi connectivity index (χ3n) is 3.84. The van der Waals surface area contributed by atoms with Gasteiger partial charge in [0.2, 0.25) is 5.91 Å². The van der Waals surface area contributed by atoms with Crippen LogP contribution >= 0.6 is 11.3 Å². The fraction of sp³-hybridized carbons (Fsp3) is 0.150. The van der Waals surface area contributed by atoms with Crippen molar-refractivity contribution in [2.24, 2.45) is 0 Å². The van der Waals surface area contributed by atoms with E-state index < -0.39 is 11.8 Å². The Morgan fingerprint density at radius 2 is 1.86 bits per heavy atom. The number of halogens is 1. The van der Waals surface area contributed by atoms with E-state index in [0.717, 1.165) is 0 Å². The summed E-state index contributed by atoms with van der Waals surface area (Å²) >= 11 is 1.27. The van der Waals surface area contributed by atoms with Crippen molar-refractivity contribution in [3.8, 4) is 5.75 Å². The van der Waals surface area contributed by atoms with Crippen LogP contribution in [-0.2, 0) is 11.2 Å². The number of hydrogen-bond donors (Lipinski definition) is 3. The molecule has 0 bridgehead atoms. The fourth-order valence-corrected chi connectivity index (χ4v) is 3.18. The summed E-state index contributed by atoms with van der Waals surface area (Å²) in [5.41, 5.74) is 1.71. The molecule has 0 aliphatic heterocycles. The first-order chi connectivity index (χ1) is 14.0. The van der Waals surface area contributed by atoms with E-state index in [-0.39, 0.29) is 12.3 Å². The molecule has 9 heteroatoms. The van der Waals surface area contributed by atoms with Gasteiger partial charge < -0.3 is 15.4 Å². The van der Waals surface area contributed by atoms with E-state index in [2.05, 4.69) is 20.9 Å². The molecule has 3 amide bonds. The first-order valence-electron chi connectivity index (χ1n) is 8.74. The van der Waals surface area contributed by atoms with Crippen molar-refractivity contribution < 1.29 is 18.7 Å². The monoisotopic (exact) mass is 414 g/mol. The zero-order valence-electron chi connectivity index (χ0n) is 15.6. The topological polar surface area (TPSA) is 92.3 Å². The number of methoxy groups -OCH3 is 1. The van der Waals surface area contributed by atoms with Crippen LogP contribution in [-0.4, -0.2) is 24.0 Å². The Balaban J connectivity index is 1.46. The smallest absolute Gasteiger partial charge is 0.325 e. The maximum absolute atomic E-state index is 13.1. The van der Waals surface area contributed by atoms with Crippen LogP contribution in [0.4, 0.5) is 25.7 Å². The van der Waals surface area contributed by atoms with Crippen molar-refractivity contribution >= 4 is 39.8 Å². The second kappa shape index (κ2) is 9.65. The zero-order chi connectivity index (χ0) is 20.6. The Labute approximate surface area is 170 Å². The molecule has 150 valence electrons. The highest BCUT2D eigenvalue weighted by atomic mass is 32.1. The lowest BCUT2D eigenvalue weighted by Gasteiger charge is -2.06. The number of nitrogens with zero attached hydrogens (tertiary/aromatic N) is 1. The van der Waals surface area contributed by atoms with Crippen LogP contribution in [0.15, 0.2) is 53.9 Å². The summed E-state index contributed by atoms with van der Waals surface area (Å²) in [6, 6.07) is 12.2. The lowest BCUT2D eigenvalue weighted by atomic mass is 10.2. The van der Waals surface area contributed by atoms with Crippen molar-refractivity contribution in [3.05, 3.63) is 65.4 Å². The Kier molecular flexibility index (Phi) is 6.75. The van der Waals surface area contributed by atoms with E-state index in [1.165, 1.54) is 29.5 Å². The number of carbonyl (C=O) groups excluding carboxylic acids is 2. The minimum Gasteiger partial charge on any atom is -0.497 e. The summed E-state index contributed by atoms with van der Waals surface area (Å²) in [6.45, 7) is 0. The highest BCUT2D eigenvalue weighted by Gasteiger charge is 2.09. The molecule has 1 aromatic heterocycles. The maximum Gasteiger partial charge on any atom is 0.325 e. The molecule has 0 unspecified atom stereocenters. The quantitative estimate of drug-likeness (QED) is 0.531. The summed E-state index contributed by atoms with van der Waals surface area (Å²) in [7, 11) is 1.57. The van der Waals surface area contributed by atoms with Crippen molar-refractivity contribution in [3.63, 3.8) is 0 Å². The van der Waals surface area contributed by atoms with Gasteiger partial charge in [0.05, 0.1) is 12.8 Å². The van der Waals surface area contributed by atoms with E-state index in [1.54, 1.807) is 42.8 Å². The molecule has 0 radical (unpaired) electrons. The molecule has 0 saturated carbocycles. The highest BCUT2D eigenvalue weighted by Crippen LogP contribution is 2.19. The molecule has 2 aromatic carbocycles. The lowest BCUT2D eigenvalue weighted by molar-refractivity contribution is -0.116. The third-order valence-corrected chi connectivity index (χ3v) is 4.64. The molecule has 3 N–H and O–H groups in total. The van der Waals surface area contributed by atoms with Gasteiger partial charge in [-0.25, -0.2) is 14.2 Å². The molecule has 0 aliphatic rings. The standard InChI is InChI=1S/C20H19FN4O3S/c1-28-17-8-5-14(6-9-17)23-19(27)25-20-24-16(12-29-20)7-10-18(26)22-15-4-2-3-13(21)11-15/h2-6,8-9,11-12H,7,10H2,1H3,(H,22,26)(H2,23,24,25,27). The van der Waals surface area contributed by atoms with Crippen LogP contribution in [0.5, 0.6) is 5.75 Å². The van der Waals surface area contributed by atoms with E-state index in [0.29, 0.717) is 34.4 Å². The second-order valence-electron chi connectivity index (χ2n) is 6.01. The first kappa shape index (κ1) is 20.3. The van der Waals surface area contributed by atoms with Crippen LogP contribution < -0.4 is 20.7 Å². The largest absolute Gasteiger partial charge is 0.497 e. The van der Waals surface area contributed by atoms with Gasteiger partial charge >= 0.3 is 6.03 Å². The fourth-order valence-electron chi connectivity index (χ4n) is 2.44. The number of benzene rings is 2. The van der Waals surface area contributed by atoms with Crippen molar-refractivity contribution in [1.82, 2.24) is 4.98 Å². The SMILES string of the molecule is COc1ccc(NC(=O)Nc2nc(CCC(=O)Nc3cccc(F)c3)cs2)cc1. The number of carbonyl (C=O) groups is 2. The number of urea groups is 1. The van der Waals surface area contributed by atoms with Crippen molar-refractivity contribution in [2.75, 3.05) is 23.1 Å². The van der Waals surface area contributed by atoms with Gasteiger partial charge in [-0.15, -0.1) is 11.3 Å². The van der Waals surface area contributed by atoms with Crippen LogP contribution in [0.3, 0.4) is 0 Å². The molecule has 29 heavy (non-hydrogen) atoms. The van der Waals surface area contributed by atoms with Crippen LogP contribution in [0.2, 0.25) is 0 Å². The summed E-state index contributed by atoms with van der Waals surface area (Å²) in [5.74, 6) is 0.0447. The molecular formula is C20H19FN4O3S. The van der Waals surface area contributed by atoms with Crippen molar-refractivity contribution in [2.45, 2.75) is 12.8 Å². The van der Waals surface area contributed by atoms with E-state index in [4.69, 9.17) is 4.74 Å². The number of aromatic nitrogens is 1. The van der Waals surface area contributed by atoms with Gasteiger partial charge in [-0.2, -0.15) is 0 Å². The summed E-state index contributed by atoms with van der Waals surface area (Å²) in [4.78, 5) is 28.3. The average molecular weight is 414 g/mol. The number of thiazole rings is 1. The predicted molar refractivity (Wildman–Crippen MR) is 111 cm³/mol. The normalized spacial score (nSPS) is 10.3. The lowest BCUT2D eigenvalue weighted by Crippen LogP contribution is -2.19. The number of hydrogen-bond acceptors (Lipinski definition) is 5. The third kappa shape index (κ3) is 6.28. The number of amides is 3. The van der Waals surface area contributed by atoms with Gasteiger partial charge in [0, 0.05) is 23.2 Å². The summed E-state index contributed by atoms with van der Waals surface area (Å²) in [5, 5.41) is 10.2. The maximum atomic E-state index is 13.1. The number of nitrogens with one attached hydrogen (secondary N) is 3. The average Bonchev–Trinajstić information content (AvgIpc) is 3.14. The minimum absolute atomic E-state index is 0.192. The molecule has 0 saturated heterocycles. The number of ether oxygens (including phenoxy) is 1. The van der Waals surface area contributed by atoms with Gasteiger partial charge in [-0.1, -0.05) is 6.07 Å². The molecule has 0 aliphatic carbocycles. The highest BCUT2D eigenvalue weighted by molar-refractivity contribution is 7.13. The van der Waals surface area contributed by atoms with Crippen LogP contribution in [0.25, 0.3) is 0 Å². The molecule has 0 fully saturated rings. The number of aryl methyl sites for hydroxylation is 1. The molecule has 1 heterocycles. The van der Waals surface area contributed by atoms with Gasteiger partial charge in [0.25, 0.3) is 0 Å². The molecule has 0 spiro atoms. The predicted octanol–water partition coefficient (Wildman–Crippen LogP) is 4.51. The van der Waals surface area contributed by atoms with E-state index in [1.807, 2.05) is 0 Å². The van der Waals surface area contributed by atoms with Gasteiger partial charge in [0.15, 0.2) is 5.13 Å². The van der Waals surface area contributed by atoms with Gasteiger partial charge in [0.1, 0.15) is 11.6 Å². The summed E-state index contributed by atoms with van der Waals surface area (Å²) in [6.07, 6.45) is 0.594. The number of rotatable bonds is 7. The van der Waals surface area contributed by atoms with E-state index >= 15 is 0 Å². The molecule has 3 rings (SSSR count). The van der Waals surface area contributed by atoms with Crippen molar-refractivity contribution in [1.29, 1.82) is 0 Å². The summed E-state index contributed by atoms with van der Waals surface area (Å²) < 4.78 is 18.2. The minimum atomic E-state index is -0.417. The molecule has 7 nitrogen and oxygen atoms in total. The zero-order valence-corrected chi connectivity index (χ0v) is 16.4. The van der Waals surface area contributed by atoms with Gasteiger partial charge in [-0.3, -0.25) is 10.1 Å². The second-order valence-corrected chi connectivity index (χ2v) is 6.87. The van der Waals surface area contributed by atoms with Crippen LogP contribution in [0, 0.1) is 5.82 Å². The Bertz CT molecular complexity index is 991. The Morgan fingerprint density at radius 1 is 1.07 bits per heavy atom. The molecule has 3 aromatic rings. The molecular weight excluding hydrogens is 395 g/mol. The Hall–Kier alpha value is -3.46. The Morgan fingerprint density at radius 3 is 2.59 bits per heavy atom. The van der Waals surface area contributed by atoms with Gasteiger partial charge in [-0.05, 0) is 48.9 Å². The van der Waals surface area contributed by atoms with E-state index in [9.17, 15) is 14.0 Å².